The van der Waals surface area contributed by atoms with Crippen molar-refractivity contribution in [2.75, 3.05) is 39.5 Å². The zero-order valence-electron chi connectivity index (χ0n) is 9.68. The van der Waals surface area contributed by atoms with Crippen LogP contribution in [0.5, 0.6) is 5.75 Å². The van der Waals surface area contributed by atoms with Crippen molar-refractivity contribution in [2.24, 2.45) is 0 Å². The minimum atomic E-state index is -0.386. The lowest BCUT2D eigenvalue weighted by atomic mass is 10.3. The molecule has 1 aromatic rings. The number of ether oxygens (including phenoxy) is 1. The van der Waals surface area contributed by atoms with Gasteiger partial charge in [0.15, 0.2) is 11.6 Å². The van der Waals surface area contributed by atoms with Crippen molar-refractivity contribution in [3.63, 3.8) is 0 Å². The van der Waals surface area contributed by atoms with Gasteiger partial charge in [-0.2, -0.15) is 0 Å². The molecular formula is C12H18FNO3. The summed E-state index contributed by atoms with van der Waals surface area (Å²) in [5.41, 5.74) is 0. The molecule has 5 heteroatoms. The van der Waals surface area contributed by atoms with E-state index in [1.807, 2.05) is 4.90 Å². The van der Waals surface area contributed by atoms with Gasteiger partial charge in [0.2, 0.25) is 0 Å². The molecule has 17 heavy (non-hydrogen) atoms. The number of para-hydroxylation sites is 1. The summed E-state index contributed by atoms with van der Waals surface area (Å²) in [6.07, 6.45) is 0. The van der Waals surface area contributed by atoms with Crippen molar-refractivity contribution in [3.8, 4) is 5.75 Å². The van der Waals surface area contributed by atoms with Gasteiger partial charge < -0.3 is 14.9 Å². The molecule has 0 aliphatic carbocycles. The van der Waals surface area contributed by atoms with Gasteiger partial charge >= 0.3 is 0 Å². The van der Waals surface area contributed by atoms with Crippen molar-refractivity contribution in [2.45, 2.75) is 0 Å². The Hall–Kier alpha value is -1.17. The van der Waals surface area contributed by atoms with Crippen LogP contribution in [0.3, 0.4) is 0 Å². The van der Waals surface area contributed by atoms with Crippen molar-refractivity contribution in [3.05, 3.63) is 30.1 Å². The second-order valence-electron chi connectivity index (χ2n) is 3.57. The van der Waals surface area contributed by atoms with Gasteiger partial charge in [0.1, 0.15) is 6.61 Å². The summed E-state index contributed by atoms with van der Waals surface area (Å²) >= 11 is 0. The van der Waals surface area contributed by atoms with Crippen LogP contribution >= 0.6 is 0 Å². The smallest absolute Gasteiger partial charge is 0.165 e. The molecule has 0 aromatic heterocycles. The van der Waals surface area contributed by atoms with Crippen LogP contribution in [0.2, 0.25) is 0 Å². The molecular weight excluding hydrogens is 225 g/mol. The summed E-state index contributed by atoms with van der Waals surface area (Å²) < 4.78 is 18.5. The first kappa shape index (κ1) is 13.9. The van der Waals surface area contributed by atoms with Gasteiger partial charge in [-0.25, -0.2) is 4.39 Å². The van der Waals surface area contributed by atoms with Crippen LogP contribution in [0, 0.1) is 5.82 Å². The normalized spacial score (nSPS) is 10.8. The summed E-state index contributed by atoms with van der Waals surface area (Å²) in [6.45, 7) is 1.86. The lowest BCUT2D eigenvalue weighted by molar-refractivity contribution is 0.140. The number of halogens is 1. The Morgan fingerprint density at radius 3 is 2.29 bits per heavy atom. The Labute approximate surface area is 100 Å². The highest BCUT2D eigenvalue weighted by Crippen LogP contribution is 2.14. The van der Waals surface area contributed by atoms with Crippen molar-refractivity contribution in [1.82, 2.24) is 4.90 Å². The van der Waals surface area contributed by atoms with E-state index < -0.39 is 0 Å². The maximum atomic E-state index is 13.2. The second kappa shape index (κ2) is 8.00. The molecule has 0 saturated carbocycles. The molecule has 0 unspecified atom stereocenters. The Morgan fingerprint density at radius 1 is 1.06 bits per heavy atom. The fraction of sp³-hybridized carbons (Fsp3) is 0.500. The molecule has 1 aromatic carbocycles. The fourth-order valence-corrected chi connectivity index (χ4v) is 1.46. The predicted molar refractivity (Wildman–Crippen MR) is 62.5 cm³/mol. The minimum Gasteiger partial charge on any atom is -0.489 e. The summed E-state index contributed by atoms with van der Waals surface area (Å²) in [5, 5.41) is 17.6. The Balaban J connectivity index is 2.33. The molecule has 4 nitrogen and oxygen atoms in total. The van der Waals surface area contributed by atoms with E-state index in [0.29, 0.717) is 26.2 Å². The molecule has 0 aliphatic heterocycles. The van der Waals surface area contributed by atoms with Gasteiger partial charge in [0.25, 0.3) is 0 Å². The van der Waals surface area contributed by atoms with Crippen LogP contribution < -0.4 is 4.74 Å². The number of nitrogens with zero attached hydrogens (tertiary/aromatic N) is 1. The van der Waals surface area contributed by atoms with Gasteiger partial charge in [-0.05, 0) is 12.1 Å². The fourth-order valence-electron chi connectivity index (χ4n) is 1.46. The van der Waals surface area contributed by atoms with Crippen LogP contribution in [-0.4, -0.2) is 54.6 Å². The van der Waals surface area contributed by atoms with E-state index in [4.69, 9.17) is 14.9 Å². The molecule has 0 bridgehead atoms. The lowest BCUT2D eigenvalue weighted by Crippen LogP contribution is -2.33. The Kier molecular flexibility index (Phi) is 6.54. The summed E-state index contributed by atoms with van der Waals surface area (Å²) in [6, 6.07) is 6.22. The third-order valence-electron chi connectivity index (χ3n) is 2.33. The van der Waals surface area contributed by atoms with Crippen molar-refractivity contribution in [1.29, 1.82) is 0 Å². The van der Waals surface area contributed by atoms with E-state index in [-0.39, 0.29) is 24.8 Å². The average molecular weight is 243 g/mol. The van der Waals surface area contributed by atoms with E-state index in [0.717, 1.165) is 0 Å². The molecule has 0 amide bonds. The van der Waals surface area contributed by atoms with Crippen LogP contribution in [0.1, 0.15) is 0 Å². The van der Waals surface area contributed by atoms with Gasteiger partial charge in [0.05, 0.1) is 13.2 Å². The molecule has 2 N–H and O–H groups in total. The third kappa shape index (κ3) is 5.12. The molecule has 0 aliphatic rings. The van der Waals surface area contributed by atoms with E-state index in [1.165, 1.54) is 6.07 Å². The maximum absolute atomic E-state index is 13.2. The Morgan fingerprint density at radius 2 is 1.71 bits per heavy atom. The number of hydrogen-bond donors (Lipinski definition) is 2. The van der Waals surface area contributed by atoms with Crippen molar-refractivity contribution < 1.29 is 19.3 Å². The number of aliphatic hydroxyl groups is 2. The second-order valence-corrected chi connectivity index (χ2v) is 3.57. The summed E-state index contributed by atoms with van der Waals surface area (Å²) in [5.74, 6) is -0.163. The minimum absolute atomic E-state index is 0.0275. The van der Waals surface area contributed by atoms with Gasteiger partial charge in [-0.15, -0.1) is 0 Å². The average Bonchev–Trinajstić information content (AvgIpc) is 2.32. The van der Waals surface area contributed by atoms with Crippen LogP contribution in [0.4, 0.5) is 4.39 Å². The molecule has 96 valence electrons. The number of hydrogen-bond acceptors (Lipinski definition) is 4. The number of rotatable bonds is 8. The zero-order valence-corrected chi connectivity index (χ0v) is 9.68. The highest BCUT2D eigenvalue weighted by Gasteiger charge is 2.05. The molecule has 0 radical (unpaired) electrons. The topological polar surface area (TPSA) is 52.9 Å². The number of benzene rings is 1. The van der Waals surface area contributed by atoms with Crippen LogP contribution in [0.25, 0.3) is 0 Å². The molecule has 0 heterocycles. The molecule has 0 fully saturated rings. The van der Waals surface area contributed by atoms with Gasteiger partial charge in [-0.3, -0.25) is 4.90 Å². The van der Waals surface area contributed by atoms with E-state index in [1.54, 1.807) is 18.2 Å². The standard InChI is InChI=1S/C12H18FNO3/c13-11-3-1-2-4-12(11)17-10-7-14(5-8-15)6-9-16/h1-4,15-16H,5-10H2. The maximum Gasteiger partial charge on any atom is 0.165 e. The Bertz CT molecular complexity index is 316. The first-order valence-corrected chi connectivity index (χ1v) is 5.59. The monoisotopic (exact) mass is 243 g/mol. The molecule has 0 saturated heterocycles. The quantitative estimate of drug-likeness (QED) is 0.698. The molecule has 1 rings (SSSR count). The van der Waals surface area contributed by atoms with Gasteiger partial charge in [-0.1, -0.05) is 12.1 Å². The van der Waals surface area contributed by atoms with E-state index in [2.05, 4.69) is 0 Å². The van der Waals surface area contributed by atoms with E-state index >= 15 is 0 Å². The molecule has 0 spiro atoms. The first-order chi connectivity index (χ1) is 8.27. The van der Waals surface area contributed by atoms with Crippen LogP contribution in [0.15, 0.2) is 24.3 Å². The zero-order chi connectivity index (χ0) is 12.5. The highest BCUT2D eigenvalue weighted by molar-refractivity contribution is 5.23. The highest BCUT2D eigenvalue weighted by atomic mass is 19.1. The summed E-state index contributed by atoms with van der Waals surface area (Å²) in [4.78, 5) is 1.85. The van der Waals surface area contributed by atoms with E-state index in [9.17, 15) is 4.39 Å². The van der Waals surface area contributed by atoms with Gasteiger partial charge in [0, 0.05) is 19.6 Å². The largest absolute Gasteiger partial charge is 0.489 e. The SMILES string of the molecule is OCCN(CCO)CCOc1ccccc1F. The first-order valence-electron chi connectivity index (χ1n) is 5.59. The van der Waals surface area contributed by atoms with Crippen LogP contribution in [-0.2, 0) is 0 Å². The summed E-state index contributed by atoms with van der Waals surface area (Å²) in [7, 11) is 0. The third-order valence-corrected chi connectivity index (χ3v) is 2.33. The lowest BCUT2D eigenvalue weighted by Gasteiger charge is -2.20. The molecule has 0 atom stereocenters. The number of aliphatic hydroxyl groups excluding tert-OH is 2. The van der Waals surface area contributed by atoms with Crippen molar-refractivity contribution >= 4 is 0 Å². The predicted octanol–water partition coefficient (Wildman–Crippen LogP) is 0.491.